The maximum Gasteiger partial charge on any atom is 0.0576 e. The standard InChI is InChI=1S/C16H14ClN3/c1-11-15(14-7-2-3-8-16(14)19-11)10-18-20-13-6-4-5-12(17)9-13/h2-10,19-20H,1H3/b18-10+. The number of hydrogen-bond acceptors (Lipinski definition) is 2. The lowest BCUT2D eigenvalue weighted by Crippen LogP contribution is -1.91. The van der Waals surface area contributed by atoms with Crippen LogP contribution in [0.15, 0.2) is 53.6 Å². The molecule has 0 aliphatic rings. The molecule has 0 atom stereocenters. The van der Waals surface area contributed by atoms with Crippen LogP contribution in [0, 0.1) is 6.92 Å². The smallest absolute Gasteiger partial charge is 0.0576 e. The van der Waals surface area contributed by atoms with Gasteiger partial charge < -0.3 is 4.98 Å². The van der Waals surface area contributed by atoms with Crippen molar-refractivity contribution in [3.63, 3.8) is 0 Å². The van der Waals surface area contributed by atoms with Crippen LogP contribution in [0.4, 0.5) is 5.69 Å². The molecule has 3 aromatic rings. The highest BCUT2D eigenvalue weighted by molar-refractivity contribution is 6.30. The Bertz CT molecular complexity index is 774. The largest absolute Gasteiger partial charge is 0.358 e. The summed E-state index contributed by atoms with van der Waals surface area (Å²) < 4.78 is 0. The molecule has 0 unspecified atom stereocenters. The average molecular weight is 284 g/mol. The highest BCUT2D eigenvalue weighted by Crippen LogP contribution is 2.20. The minimum Gasteiger partial charge on any atom is -0.358 e. The zero-order valence-corrected chi connectivity index (χ0v) is 11.8. The maximum absolute atomic E-state index is 5.93. The number of rotatable bonds is 3. The molecule has 2 aromatic carbocycles. The molecule has 3 nitrogen and oxygen atoms in total. The van der Waals surface area contributed by atoms with E-state index in [9.17, 15) is 0 Å². The molecule has 0 saturated carbocycles. The van der Waals surface area contributed by atoms with Crippen molar-refractivity contribution >= 4 is 34.4 Å². The van der Waals surface area contributed by atoms with Crippen molar-refractivity contribution in [2.45, 2.75) is 6.92 Å². The second-order valence-corrected chi connectivity index (χ2v) is 5.03. The van der Waals surface area contributed by atoms with E-state index in [2.05, 4.69) is 27.6 Å². The second kappa shape index (κ2) is 5.39. The quantitative estimate of drug-likeness (QED) is 0.536. The second-order valence-electron chi connectivity index (χ2n) is 4.59. The SMILES string of the molecule is Cc1[nH]c2ccccc2c1/C=N/Nc1cccc(Cl)c1. The lowest BCUT2D eigenvalue weighted by atomic mass is 10.1. The Morgan fingerprint density at radius 2 is 2.00 bits per heavy atom. The molecule has 0 saturated heterocycles. The van der Waals surface area contributed by atoms with Crippen LogP contribution in [0.1, 0.15) is 11.3 Å². The van der Waals surface area contributed by atoms with Crippen molar-refractivity contribution < 1.29 is 0 Å². The van der Waals surface area contributed by atoms with E-state index in [4.69, 9.17) is 11.6 Å². The predicted molar refractivity (Wildman–Crippen MR) is 85.7 cm³/mol. The van der Waals surface area contributed by atoms with Gasteiger partial charge in [-0.1, -0.05) is 35.9 Å². The fourth-order valence-corrected chi connectivity index (χ4v) is 2.38. The first-order chi connectivity index (χ1) is 9.74. The Morgan fingerprint density at radius 1 is 1.15 bits per heavy atom. The van der Waals surface area contributed by atoms with Crippen molar-refractivity contribution in [1.82, 2.24) is 4.98 Å². The molecule has 1 aromatic heterocycles. The molecule has 1 heterocycles. The molecular weight excluding hydrogens is 270 g/mol. The number of nitrogens with one attached hydrogen (secondary N) is 2. The van der Waals surface area contributed by atoms with Gasteiger partial charge in [-0.2, -0.15) is 5.10 Å². The van der Waals surface area contributed by atoms with Crippen LogP contribution >= 0.6 is 11.6 Å². The van der Waals surface area contributed by atoms with Crippen LogP contribution in [0.2, 0.25) is 5.02 Å². The summed E-state index contributed by atoms with van der Waals surface area (Å²) in [6.07, 6.45) is 1.83. The summed E-state index contributed by atoms with van der Waals surface area (Å²) >= 11 is 5.93. The highest BCUT2D eigenvalue weighted by Gasteiger charge is 2.04. The first-order valence-corrected chi connectivity index (χ1v) is 6.74. The van der Waals surface area contributed by atoms with Gasteiger partial charge in [0.15, 0.2) is 0 Å². The van der Waals surface area contributed by atoms with Gasteiger partial charge in [0.25, 0.3) is 0 Å². The van der Waals surface area contributed by atoms with Crippen molar-refractivity contribution in [3.8, 4) is 0 Å². The van der Waals surface area contributed by atoms with Gasteiger partial charge in [-0.3, -0.25) is 5.43 Å². The number of para-hydroxylation sites is 1. The third-order valence-electron chi connectivity index (χ3n) is 3.16. The minimum atomic E-state index is 0.688. The zero-order valence-electron chi connectivity index (χ0n) is 11.0. The van der Waals surface area contributed by atoms with E-state index >= 15 is 0 Å². The van der Waals surface area contributed by atoms with Crippen LogP contribution in [0.5, 0.6) is 0 Å². The van der Waals surface area contributed by atoms with Gasteiger partial charge in [0.1, 0.15) is 0 Å². The Balaban J connectivity index is 1.86. The minimum absolute atomic E-state index is 0.688. The first-order valence-electron chi connectivity index (χ1n) is 6.36. The first kappa shape index (κ1) is 12.8. The van der Waals surface area contributed by atoms with Crippen LogP contribution < -0.4 is 5.43 Å². The molecule has 2 N–H and O–H groups in total. The van der Waals surface area contributed by atoms with E-state index in [1.54, 1.807) is 0 Å². The molecular formula is C16H14ClN3. The predicted octanol–water partition coefficient (Wildman–Crippen LogP) is 4.58. The maximum atomic E-state index is 5.93. The summed E-state index contributed by atoms with van der Waals surface area (Å²) in [5, 5.41) is 6.14. The highest BCUT2D eigenvalue weighted by atomic mass is 35.5. The zero-order chi connectivity index (χ0) is 13.9. The van der Waals surface area contributed by atoms with Crippen LogP contribution in [-0.4, -0.2) is 11.2 Å². The van der Waals surface area contributed by atoms with Gasteiger partial charge in [-0.05, 0) is 31.2 Å². The number of aromatic nitrogens is 1. The van der Waals surface area contributed by atoms with E-state index in [0.717, 1.165) is 22.5 Å². The third-order valence-corrected chi connectivity index (χ3v) is 3.39. The molecule has 4 heteroatoms. The summed E-state index contributed by atoms with van der Waals surface area (Å²) in [5.41, 5.74) is 7.17. The van der Waals surface area contributed by atoms with Crippen molar-refractivity contribution in [2.24, 2.45) is 5.10 Å². The third kappa shape index (κ3) is 2.53. The summed E-state index contributed by atoms with van der Waals surface area (Å²) in [7, 11) is 0. The van der Waals surface area contributed by atoms with E-state index in [1.165, 1.54) is 5.39 Å². The Hall–Kier alpha value is -2.26. The van der Waals surface area contributed by atoms with Crippen LogP contribution in [-0.2, 0) is 0 Å². The molecule has 0 aliphatic carbocycles. The van der Waals surface area contributed by atoms with Gasteiger partial charge in [-0.15, -0.1) is 0 Å². The van der Waals surface area contributed by atoms with E-state index in [-0.39, 0.29) is 0 Å². The Kier molecular flexibility index (Phi) is 3.44. The molecule has 100 valence electrons. The molecule has 0 bridgehead atoms. The number of nitrogens with zero attached hydrogens (tertiary/aromatic N) is 1. The van der Waals surface area contributed by atoms with Crippen molar-refractivity contribution in [1.29, 1.82) is 0 Å². The van der Waals surface area contributed by atoms with Crippen LogP contribution in [0.25, 0.3) is 10.9 Å². The van der Waals surface area contributed by atoms with Gasteiger partial charge in [0, 0.05) is 27.2 Å². The number of H-pyrrole nitrogens is 1. The van der Waals surface area contributed by atoms with Gasteiger partial charge in [0.05, 0.1) is 11.9 Å². The van der Waals surface area contributed by atoms with Gasteiger partial charge in [0.2, 0.25) is 0 Å². The monoisotopic (exact) mass is 283 g/mol. The lowest BCUT2D eigenvalue weighted by Gasteiger charge is -2.00. The molecule has 0 aliphatic heterocycles. The normalized spacial score (nSPS) is 11.3. The lowest BCUT2D eigenvalue weighted by molar-refractivity contribution is 1.28. The van der Waals surface area contributed by atoms with E-state index < -0.39 is 0 Å². The summed E-state index contributed by atoms with van der Waals surface area (Å²) in [6, 6.07) is 15.7. The molecule has 3 rings (SSSR count). The number of hydrazone groups is 1. The number of aryl methyl sites for hydroxylation is 1. The summed E-state index contributed by atoms with van der Waals surface area (Å²) in [5.74, 6) is 0. The van der Waals surface area contributed by atoms with Crippen molar-refractivity contribution in [2.75, 3.05) is 5.43 Å². The Labute approximate surface area is 122 Å². The Morgan fingerprint density at radius 3 is 2.85 bits per heavy atom. The number of aromatic amines is 1. The molecule has 0 amide bonds. The molecule has 0 radical (unpaired) electrons. The van der Waals surface area contributed by atoms with Gasteiger partial charge >= 0.3 is 0 Å². The molecule has 20 heavy (non-hydrogen) atoms. The van der Waals surface area contributed by atoms with Crippen molar-refractivity contribution in [3.05, 3.63) is 64.8 Å². The number of hydrogen-bond donors (Lipinski definition) is 2. The molecule has 0 fully saturated rings. The number of anilines is 1. The van der Waals surface area contributed by atoms with Crippen LogP contribution in [0.3, 0.4) is 0 Å². The average Bonchev–Trinajstić information content (AvgIpc) is 2.75. The molecule has 0 spiro atoms. The number of benzene rings is 2. The number of fused-ring (bicyclic) bond motifs is 1. The van der Waals surface area contributed by atoms with E-state index in [0.29, 0.717) is 5.02 Å². The fraction of sp³-hybridized carbons (Fsp3) is 0.0625. The van der Waals surface area contributed by atoms with E-state index in [1.807, 2.05) is 49.5 Å². The summed E-state index contributed by atoms with van der Waals surface area (Å²) in [4.78, 5) is 3.34. The summed E-state index contributed by atoms with van der Waals surface area (Å²) in [6.45, 7) is 2.04. The number of halogens is 1. The topological polar surface area (TPSA) is 40.2 Å². The fourth-order valence-electron chi connectivity index (χ4n) is 2.19. The van der Waals surface area contributed by atoms with Gasteiger partial charge in [-0.25, -0.2) is 0 Å².